The molecule has 3 aromatic carbocycles. The number of halogens is 1. The fourth-order valence-corrected chi connectivity index (χ4v) is 4.11. The van der Waals surface area contributed by atoms with Gasteiger partial charge in [-0.05, 0) is 61.5 Å². The molecule has 0 bridgehead atoms. The number of carboxylic acids is 1. The standard InChI is InChI=1S/C27H27FN6O3/c1-2-33-23-12-9-18(27(37)34(14-13-25(35)36)22-6-4-3-5-20(22)28)15-21(23)32-24(33)16-31-19-10-7-17(8-11-19)26(29)30/h3-12,15,31H,2,13-14,16H2,1H3,(H3,29,30)(H,35,36). The molecule has 190 valence electrons. The summed E-state index contributed by atoms with van der Waals surface area (Å²) in [7, 11) is 0. The van der Waals surface area contributed by atoms with Gasteiger partial charge in [-0.25, -0.2) is 9.37 Å². The van der Waals surface area contributed by atoms with Gasteiger partial charge in [-0.1, -0.05) is 12.1 Å². The SMILES string of the molecule is CCn1c(CNc2ccc(C(=N)N)cc2)nc2cc(C(=O)N(CCC(=O)O)c3ccccc3F)ccc21. The van der Waals surface area contributed by atoms with Crippen molar-refractivity contribution in [1.29, 1.82) is 5.41 Å². The van der Waals surface area contributed by atoms with Gasteiger partial charge in [-0.2, -0.15) is 0 Å². The van der Waals surface area contributed by atoms with Crippen molar-refractivity contribution < 1.29 is 19.1 Å². The molecule has 0 fully saturated rings. The van der Waals surface area contributed by atoms with Gasteiger partial charge in [0.1, 0.15) is 17.5 Å². The normalized spacial score (nSPS) is 10.9. The predicted molar refractivity (Wildman–Crippen MR) is 141 cm³/mol. The Labute approximate surface area is 212 Å². The molecule has 1 aromatic heterocycles. The zero-order valence-corrected chi connectivity index (χ0v) is 20.2. The largest absolute Gasteiger partial charge is 0.481 e. The maximum atomic E-state index is 14.5. The highest BCUT2D eigenvalue weighted by molar-refractivity contribution is 6.08. The van der Waals surface area contributed by atoms with Crippen LogP contribution in [0.2, 0.25) is 0 Å². The maximum Gasteiger partial charge on any atom is 0.305 e. The number of imidazole rings is 1. The molecular weight excluding hydrogens is 475 g/mol. The van der Waals surface area contributed by atoms with Crippen LogP contribution in [0.3, 0.4) is 0 Å². The van der Waals surface area contributed by atoms with E-state index >= 15 is 0 Å². The van der Waals surface area contributed by atoms with Gasteiger partial charge in [0, 0.05) is 29.9 Å². The molecule has 0 radical (unpaired) electrons. The van der Waals surface area contributed by atoms with Gasteiger partial charge in [0.25, 0.3) is 5.91 Å². The summed E-state index contributed by atoms with van der Waals surface area (Å²) < 4.78 is 16.5. The van der Waals surface area contributed by atoms with Crippen LogP contribution in [0.4, 0.5) is 15.8 Å². The molecule has 0 unspecified atom stereocenters. The molecule has 4 aromatic rings. The lowest BCUT2D eigenvalue weighted by molar-refractivity contribution is -0.136. The molecule has 0 saturated carbocycles. The first-order valence-electron chi connectivity index (χ1n) is 11.7. The molecule has 0 atom stereocenters. The first-order valence-corrected chi connectivity index (χ1v) is 11.7. The number of aryl methyl sites for hydroxylation is 1. The van der Waals surface area contributed by atoms with Gasteiger partial charge in [-0.15, -0.1) is 0 Å². The average molecular weight is 503 g/mol. The van der Waals surface area contributed by atoms with Gasteiger partial charge in [0.15, 0.2) is 0 Å². The molecule has 9 nitrogen and oxygen atoms in total. The number of nitrogens with one attached hydrogen (secondary N) is 2. The van der Waals surface area contributed by atoms with E-state index in [9.17, 15) is 14.0 Å². The van der Waals surface area contributed by atoms with Crippen LogP contribution in [0, 0.1) is 11.2 Å². The predicted octanol–water partition coefficient (Wildman–Crippen LogP) is 4.21. The first kappa shape index (κ1) is 25.4. The zero-order chi connectivity index (χ0) is 26.5. The summed E-state index contributed by atoms with van der Waals surface area (Å²) in [6, 6.07) is 18.1. The Morgan fingerprint density at radius 2 is 1.81 bits per heavy atom. The third kappa shape index (κ3) is 5.58. The molecule has 5 N–H and O–H groups in total. The fraction of sp³-hybridized carbons (Fsp3) is 0.185. The number of nitrogens with zero attached hydrogens (tertiary/aromatic N) is 3. The van der Waals surface area contributed by atoms with Crippen molar-refractivity contribution in [2.45, 2.75) is 26.4 Å². The van der Waals surface area contributed by atoms with Crippen molar-refractivity contribution in [3.8, 4) is 0 Å². The maximum absolute atomic E-state index is 14.5. The minimum Gasteiger partial charge on any atom is -0.481 e. The second-order valence-corrected chi connectivity index (χ2v) is 8.37. The summed E-state index contributed by atoms with van der Waals surface area (Å²) in [5, 5.41) is 19.9. The van der Waals surface area contributed by atoms with Gasteiger partial charge in [0.05, 0.1) is 29.7 Å². The topological polar surface area (TPSA) is 137 Å². The van der Waals surface area contributed by atoms with E-state index in [4.69, 9.17) is 21.2 Å². The van der Waals surface area contributed by atoms with Gasteiger partial charge >= 0.3 is 5.97 Å². The number of fused-ring (bicyclic) bond motifs is 1. The lowest BCUT2D eigenvalue weighted by atomic mass is 10.1. The highest BCUT2D eigenvalue weighted by Gasteiger charge is 2.22. The van der Waals surface area contributed by atoms with E-state index in [1.165, 1.54) is 18.2 Å². The van der Waals surface area contributed by atoms with E-state index in [-0.39, 0.29) is 30.1 Å². The second kappa shape index (κ2) is 10.9. The Balaban J connectivity index is 1.61. The van der Waals surface area contributed by atoms with Crippen molar-refractivity contribution in [3.05, 3.63) is 89.5 Å². The molecular formula is C27H27FN6O3. The minimum atomic E-state index is -1.08. The minimum absolute atomic E-state index is 0.00112. The van der Waals surface area contributed by atoms with Crippen LogP contribution in [0.15, 0.2) is 66.7 Å². The number of benzene rings is 3. The number of carbonyl (C=O) groups excluding carboxylic acids is 1. The summed E-state index contributed by atoms with van der Waals surface area (Å²) in [6.45, 7) is 2.90. The van der Waals surface area contributed by atoms with Crippen LogP contribution >= 0.6 is 0 Å². The number of anilines is 2. The number of aliphatic carboxylic acids is 1. The number of aromatic nitrogens is 2. The highest BCUT2D eigenvalue weighted by atomic mass is 19.1. The molecule has 37 heavy (non-hydrogen) atoms. The summed E-state index contributed by atoms with van der Waals surface area (Å²) in [6.07, 6.45) is -0.323. The molecule has 4 rings (SSSR count). The Morgan fingerprint density at radius 3 is 2.46 bits per heavy atom. The van der Waals surface area contributed by atoms with Crippen molar-refractivity contribution in [3.63, 3.8) is 0 Å². The van der Waals surface area contributed by atoms with Crippen LogP contribution in [-0.4, -0.2) is 38.9 Å². The number of nitrogen functional groups attached to an aromatic ring is 1. The van der Waals surface area contributed by atoms with Crippen molar-refractivity contribution in [2.75, 3.05) is 16.8 Å². The summed E-state index contributed by atoms with van der Waals surface area (Å²) in [5.74, 6) is -1.44. The van der Waals surface area contributed by atoms with Crippen molar-refractivity contribution >= 4 is 40.1 Å². The number of carboxylic acid groups (broad SMARTS) is 1. The molecule has 0 aliphatic heterocycles. The van der Waals surface area contributed by atoms with Crippen LogP contribution in [0.1, 0.15) is 35.1 Å². The number of rotatable bonds is 10. The summed E-state index contributed by atoms with van der Waals surface area (Å²) >= 11 is 0. The third-order valence-electron chi connectivity index (χ3n) is 5.97. The van der Waals surface area contributed by atoms with Crippen LogP contribution in [0.5, 0.6) is 0 Å². The van der Waals surface area contributed by atoms with Crippen LogP contribution < -0.4 is 16.0 Å². The quantitative estimate of drug-likeness (QED) is 0.189. The Kier molecular flexibility index (Phi) is 7.47. The zero-order valence-electron chi connectivity index (χ0n) is 20.2. The van der Waals surface area contributed by atoms with E-state index in [2.05, 4.69) is 5.32 Å². The van der Waals surface area contributed by atoms with Gasteiger partial charge < -0.3 is 25.6 Å². The van der Waals surface area contributed by atoms with E-state index in [1.54, 1.807) is 36.4 Å². The lowest BCUT2D eigenvalue weighted by Crippen LogP contribution is -2.33. The smallest absolute Gasteiger partial charge is 0.305 e. The molecule has 1 amide bonds. The van der Waals surface area contributed by atoms with E-state index in [0.29, 0.717) is 24.2 Å². The van der Waals surface area contributed by atoms with E-state index in [1.807, 2.05) is 23.6 Å². The molecule has 0 saturated heterocycles. The van der Waals surface area contributed by atoms with E-state index in [0.717, 1.165) is 21.9 Å². The van der Waals surface area contributed by atoms with Crippen molar-refractivity contribution in [1.82, 2.24) is 9.55 Å². The Morgan fingerprint density at radius 1 is 1.11 bits per heavy atom. The van der Waals surface area contributed by atoms with Gasteiger partial charge in [-0.3, -0.25) is 15.0 Å². The van der Waals surface area contributed by atoms with Crippen LogP contribution in [-0.2, 0) is 17.9 Å². The second-order valence-electron chi connectivity index (χ2n) is 8.37. The number of carbonyl (C=O) groups is 2. The van der Waals surface area contributed by atoms with Crippen molar-refractivity contribution in [2.24, 2.45) is 5.73 Å². The number of hydrogen-bond donors (Lipinski definition) is 4. The molecule has 0 aliphatic carbocycles. The number of amides is 1. The lowest BCUT2D eigenvalue weighted by Gasteiger charge is -2.22. The highest BCUT2D eigenvalue weighted by Crippen LogP contribution is 2.24. The Hall–Kier alpha value is -4.73. The number of para-hydroxylation sites is 1. The fourth-order valence-electron chi connectivity index (χ4n) is 4.11. The monoisotopic (exact) mass is 502 g/mol. The molecule has 1 heterocycles. The number of nitrogens with two attached hydrogens (primary N) is 1. The first-order chi connectivity index (χ1) is 17.8. The summed E-state index contributed by atoms with van der Waals surface area (Å²) in [5.41, 5.74) is 8.73. The van der Waals surface area contributed by atoms with Crippen LogP contribution in [0.25, 0.3) is 11.0 Å². The Bertz CT molecular complexity index is 1470. The van der Waals surface area contributed by atoms with Gasteiger partial charge in [0.2, 0.25) is 0 Å². The summed E-state index contributed by atoms with van der Waals surface area (Å²) in [4.78, 5) is 30.4. The number of hydrogen-bond acceptors (Lipinski definition) is 5. The third-order valence-corrected chi connectivity index (χ3v) is 5.97. The average Bonchev–Trinajstić information content (AvgIpc) is 3.25. The molecule has 10 heteroatoms. The molecule has 0 spiro atoms. The van der Waals surface area contributed by atoms with E-state index < -0.39 is 17.7 Å². The molecule has 0 aliphatic rings. The number of amidine groups is 1.